The number of carboxylic acid groups (broad SMARTS) is 1. The lowest BCUT2D eigenvalue weighted by Crippen LogP contribution is -2.57. The fraction of sp³-hybridized carbons (Fsp3) is 0.833. The van der Waals surface area contributed by atoms with Crippen molar-refractivity contribution in [3.63, 3.8) is 0 Å². The summed E-state index contributed by atoms with van der Waals surface area (Å²) < 4.78 is 4.79. The van der Waals surface area contributed by atoms with Gasteiger partial charge in [0.25, 0.3) is 0 Å². The van der Waals surface area contributed by atoms with Gasteiger partial charge in [-0.1, -0.05) is 6.92 Å². The summed E-state index contributed by atoms with van der Waals surface area (Å²) in [6, 6.07) is -1.02. The SMILES string of the molecule is CCC1CN(C(=O)NC(COC)C(=O)O)CCN1C. The van der Waals surface area contributed by atoms with Crippen LogP contribution in [-0.2, 0) is 9.53 Å². The summed E-state index contributed by atoms with van der Waals surface area (Å²) in [5.41, 5.74) is 0. The van der Waals surface area contributed by atoms with Crippen molar-refractivity contribution in [2.75, 3.05) is 40.4 Å². The van der Waals surface area contributed by atoms with Crippen LogP contribution in [0.5, 0.6) is 0 Å². The maximum Gasteiger partial charge on any atom is 0.328 e. The van der Waals surface area contributed by atoms with Crippen molar-refractivity contribution in [1.82, 2.24) is 15.1 Å². The second-order valence-corrected chi connectivity index (χ2v) is 4.78. The van der Waals surface area contributed by atoms with E-state index in [1.807, 2.05) is 7.05 Å². The molecule has 2 amide bonds. The molecule has 1 heterocycles. The minimum atomic E-state index is -1.09. The van der Waals surface area contributed by atoms with E-state index in [4.69, 9.17) is 9.84 Å². The Kier molecular flexibility index (Phi) is 6.04. The van der Waals surface area contributed by atoms with E-state index in [9.17, 15) is 9.59 Å². The molecule has 1 aliphatic heterocycles. The Labute approximate surface area is 113 Å². The molecule has 1 fully saturated rings. The van der Waals surface area contributed by atoms with Crippen molar-refractivity contribution in [3.05, 3.63) is 0 Å². The summed E-state index contributed by atoms with van der Waals surface area (Å²) in [5.74, 6) is -1.09. The lowest BCUT2D eigenvalue weighted by atomic mass is 10.1. The van der Waals surface area contributed by atoms with Gasteiger partial charge < -0.3 is 20.1 Å². The maximum absolute atomic E-state index is 12.0. The number of urea groups is 1. The Hall–Kier alpha value is -1.34. The van der Waals surface area contributed by atoms with Gasteiger partial charge in [0, 0.05) is 32.8 Å². The number of hydrogen-bond donors (Lipinski definition) is 2. The Morgan fingerprint density at radius 1 is 1.47 bits per heavy atom. The van der Waals surface area contributed by atoms with Gasteiger partial charge in [0.05, 0.1) is 6.61 Å². The van der Waals surface area contributed by atoms with Gasteiger partial charge in [0.1, 0.15) is 0 Å². The van der Waals surface area contributed by atoms with Gasteiger partial charge >= 0.3 is 12.0 Å². The van der Waals surface area contributed by atoms with Crippen LogP contribution in [-0.4, -0.2) is 79.4 Å². The first-order chi connectivity index (χ1) is 8.99. The van der Waals surface area contributed by atoms with Crippen LogP contribution in [0.4, 0.5) is 4.79 Å². The van der Waals surface area contributed by atoms with Gasteiger partial charge in [0.2, 0.25) is 0 Å². The number of likely N-dealkylation sites (N-methyl/N-ethyl adjacent to an activating group) is 1. The van der Waals surface area contributed by atoms with Crippen LogP contribution in [0.3, 0.4) is 0 Å². The number of aliphatic carboxylic acids is 1. The van der Waals surface area contributed by atoms with Gasteiger partial charge in [-0.15, -0.1) is 0 Å². The molecular formula is C12H23N3O4. The number of nitrogens with one attached hydrogen (secondary N) is 1. The molecule has 110 valence electrons. The molecule has 2 unspecified atom stereocenters. The first-order valence-corrected chi connectivity index (χ1v) is 6.47. The highest BCUT2D eigenvalue weighted by Gasteiger charge is 2.28. The molecule has 19 heavy (non-hydrogen) atoms. The van der Waals surface area contributed by atoms with Gasteiger partial charge in [-0.2, -0.15) is 0 Å². The number of amides is 2. The first kappa shape index (κ1) is 15.7. The number of carbonyl (C=O) groups excluding carboxylic acids is 1. The molecule has 0 aliphatic carbocycles. The Morgan fingerprint density at radius 3 is 2.68 bits per heavy atom. The third kappa shape index (κ3) is 4.36. The normalized spacial score (nSPS) is 22.1. The molecule has 7 heteroatoms. The molecule has 2 N–H and O–H groups in total. The number of nitrogens with zero attached hydrogens (tertiary/aromatic N) is 2. The summed E-state index contributed by atoms with van der Waals surface area (Å²) in [5, 5.41) is 11.5. The zero-order valence-electron chi connectivity index (χ0n) is 11.8. The molecule has 0 radical (unpaired) electrons. The highest BCUT2D eigenvalue weighted by molar-refractivity contribution is 5.82. The number of carboxylic acids is 1. The molecule has 1 saturated heterocycles. The van der Waals surface area contributed by atoms with Crippen LogP contribution in [0.1, 0.15) is 13.3 Å². The number of piperazine rings is 1. The number of rotatable bonds is 5. The lowest BCUT2D eigenvalue weighted by molar-refractivity contribution is -0.140. The van der Waals surface area contributed by atoms with Crippen molar-refractivity contribution in [1.29, 1.82) is 0 Å². The van der Waals surface area contributed by atoms with E-state index in [0.717, 1.165) is 13.0 Å². The number of hydrogen-bond acceptors (Lipinski definition) is 4. The quantitative estimate of drug-likeness (QED) is 0.726. The molecule has 2 atom stereocenters. The molecule has 0 aromatic carbocycles. The van der Waals surface area contributed by atoms with Gasteiger partial charge in [-0.25, -0.2) is 9.59 Å². The number of carbonyl (C=O) groups is 2. The first-order valence-electron chi connectivity index (χ1n) is 6.47. The van der Waals surface area contributed by atoms with E-state index in [2.05, 4.69) is 17.1 Å². The molecule has 0 spiro atoms. The Balaban J connectivity index is 2.55. The highest BCUT2D eigenvalue weighted by Crippen LogP contribution is 2.10. The smallest absolute Gasteiger partial charge is 0.328 e. The second kappa shape index (κ2) is 7.30. The molecule has 0 aromatic rings. The van der Waals surface area contributed by atoms with Gasteiger partial charge in [-0.3, -0.25) is 4.90 Å². The van der Waals surface area contributed by atoms with Crippen molar-refractivity contribution in [2.24, 2.45) is 0 Å². The van der Waals surface area contributed by atoms with E-state index < -0.39 is 12.0 Å². The van der Waals surface area contributed by atoms with Crippen LogP contribution in [0.15, 0.2) is 0 Å². The van der Waals surface area contributed by atoms with Crippen LogP contribution < -0.4 is 5.32 Å². The lowest BCUT2D eigenvalue weighted by Gasteiger charge is -2.39. The van der Waals surface area contributed by atoms with E-state index >= 15 is 0 Å². The molecule has 1 aliphatic rings. The summed E-state index contributed by atoms with van der Waals surface area (Å²) in [7, 11) is 3.44. The standard InChI is InChI=1S/C12H23N3O4/c1-4-9-7-15(6-5-14(9)2)12(18)13-10(8-19-3)11(16)17/h9-10H,4-8H2,1-3H3,(H,13,18)(H,16,17). The predicted octanol–water partition coefficient (Wildman–Crippen LogP) is -0.178. The third-order valence-corrected chi connectivity index (χ3v) is 3.46. The minimum absolute atomic E-state index is 0.0357. The summed E-state index contributed by atoms with van der Waals surface area (Å²) in [4.78, 5) is 26.9. The fourth-order valence-corrected chi connectivity index (χ4v) is 2.15. The topological polar surface area (TPSA) is 82.1 Å². The van der Waals surface area contributed by atoms with Crippen LogP contribution in [0.2, 0.25) is 0 Å². The summed E-state index contributed by atoms with van der Waals surface area (Å²) in [6.07, 6.45) is 0.959. The second-order valence-electron chi connectivity index (χ2n) is 4.78. The Bertz CT molecular complexity index is 324. The molecule has 7 nitrogen and oxygen atoms in total. The zero-order chi connectivity index (χ0) is 14.4. The molecular weight excluding hydrogens is 250 g/mol. The van der Waals surface area contributed by atoms with Crippen molar-refractivity contribution in [2.45, 2.75) is 25.4 Å². The average Bonchev–Trinajstić information content (AvgIpc) is 2.38. The van der Waals surface area contributed by atoms with Gasteiger partial charge in [-0.05, 0) is 13.5 Å². The third-order valence-electron chi connectivity index (χ3n) is 3.46. The van der Waals surface area contributed by atoms with Crippen molar-refractivity contribution in [3.8, 4) is 0 Å². The number of methoxy groups -OCH3 is 1. The molecule has 1 rings (SSSR count). The van der Waals surface area contributed by atoms with Crippen molar-refractivity contribution < 1.29 is 19.4 Å². The minimum Gasteiger partial charge on any atom is -0.480 e. The van der Waals surface area contributed by atoms with E-state index in [0.29, 0.717) is 19.1 Å². The monoisotopic (exact) mass is 273 g/mol. The van der Waals surface area contributed by atoms with Crippen LogP contribution in [0, 0.1) is 0 Å². The van der Waals surface area contributed by atoms with Crippen LogP contribution in [0.25, 0.3) is 0 Å². The summed E-state index contributed by atoms with van der Waals surface area (Å²) >= 11 is 0. The van der Waals surface area contributed by atoms with Crippen LogP contribution >= 0.6 is 0 Å². The van der Waals surface area contributed by atoms with E-state index in [-0.39, 0.29) is 12.6 Å². The average molecular weight is 273 g/mol. The largest absolute Gasteiger partial charge is 0.480 e. The van der Waals surface area contributed by atoms with Gasteiger partial charge in [0.15, 0.2) is 6.04 Å². The van der Waals surface area contributed by atoms with E-state index in [1.165, 1.54) is 7.11 Å². The number of ether oxygens (including phenoxy) is 1. The highest BCUT2D eigenvalue weighted by atomic mass is 16.5. The maximum atomic E-state index is 12.0. The predicted molar refractivity (Wildman–Crippen MR) is 70.1 cm³/mol. The Morgan fingerprint density at radius 2 is 2.16 bits per heavy atom. The fourth-order valence-electron chi connectivity index (χ4n) is 2.15. The van der Waals surface area contributed by atoms with E-state index in [1.54, 1.807) is 4.90 Å². The van der Waals surface area contributed by atoms with Crippen molar-refractivity contribution >= 4 is 12.0 Å². The summed E-state index contributed by atoms with van der Waals surface area (Å²) in [6.45, 7) is 4.07. The molecule has 0 saturated carbocycles. The zero-order valence-corrected chi connectivity index (χ0v) is 11.8. The molecule has 0 aromatic heterocycles. The molecule has 0 bridgehead atoms.